The van der Waals surface area contributed by atoms with Crippen molar-refractivity contribution in [1.29, 1.82) is 0 Å². The van der Waals surface area contributed by atoms with E-state index in [2.05, 4.69) is 20.5 Å². The molecule has 0 N–H and O–H groups in total. The molecule has 0 saturated heterocycles. The predicted octanol–water partition coefficient (Wildman–Crippen LogP) is 4.68. The van der Waals surface area contributed by atoms with Gasteiger partial charge in [0.1, 0.15) is 11.9 Å². The molecule has 0 fully saturated rings. The lowest BCUT2D eigenvalue weighted by Crippen LogP contribution is -2.22. The van der Waals surface area contributed by atoms with Crippen molar-refractivity contribution >= 4 is 0 Å². The quantitative estimate of drug-likeness (QED) is 0.430. The molecule has 0 unspecified atom stereocenters. The Labute approximate surface area is 185 Å². The summed E-state index contributed by atoms with van der Waals surface area (Å²) in [7, 11) is 0. The molecule has 1 aliphatic heterocycles. The average Bonchev–Trinajstić information content (AvgIpc) is 3.46. The van der Waals surface area contributed by atoms with Gasteiger partial charge >= 0.3 is 6.18 Å². The fourth-order valence-corrected chi connectivity index (χ4v) is 3.57. The van der Waals surface area contributed by atoms with E-state index in [4.69, 9.17) is 14.0 Å². The van der Waals surface area contributed by atoms with Crippen LogP contribution in [0.2, 0.25) is 0 Å². The Morgan fingerprint density at radius 3 is 2.55 bits per heavy atom. The number of aromatic nitrogens is 5. The van der Waals surface area contributed by atoms with Crippen LogP contribution in [0.15, 0.2) is 53.1 Å². The van der Waals surface area contributed by atoms with Gasteiger partial charge in [0.15, 0.2) is 5.69 Å². The molecule has 8 nitrogen and oxygen atoms in total. The third-order valence-corrected chi connectivity index (χ3v) is 5.26. The zero-order chi connectivity index (χ0) is 23.0. The average molecular weight is 457 g/mol. The SMILES string of the molecule is CCOc1ccc([C@H]2Cn3nnc(-c4nc(-c5ccc(C(F)(F)F)cc5)no4)c3CO2)cc1. The Balaban J connectivity index is 1.34. The van der Waals surface area contributed by atoms with Crippen molar-refractivity contribution in [2.24, 2.45) is 0 Å². The van der Waals surface area contributed by atoms with E-state index >= 15 is 0 Å². The topological polar surface area (TPSA) is 88.1 Å². The number of rotatable bonds is 5. The minimum atomic E-state index is -4.41. The van der Waals surface area contributed by atoms with E-state index in [9.17, 15) is 13.2 Å². The zero-order valence-corrected chi connectivity index (χ0v) is 17.4. The summed E-state index contributed by atoms with van der Waals surface area (Å²) in [6.45, 7) is 3.22. The van der Waals surface area contributed by atoms with Gasteiger partial charge in [-0.05, 0) is 36.8 Å². The zero-order valence-electron chi connectivity index (χ0n) is 17.4. The summed E-state index contributed by atoms with van der Waals surface area (Å²) in [6, 6.07) is 12.2. The highest BCUT2D eigenvalue weighted by atomic mass is 19.4. The van der Waals surface area contributed by atoms with Gasteiger partial charge < -0.3 is 14.0 Å². The first-order chi connectivity index (χ1) is 15.9. The maximum Gasteiger partial charge on any atom is 0.416 e. The highest BCUT2D eigenvalue weighted by Gasteiger charge is 2.31. The van der Waals surface area contributed by atoms with Gasteiger partial charge in [-0.1, -0.05) is 34.6 Å². The molecule has 11 heteroatoms. The first-order valence-corrected chi connectivity index (χ1v) is 10.2. The molecule has 0 bridgehead atoms. The molecule has 170 valence electrons. The van der Waals surface area contributed by atoms with Gasteiger partial charge in [0, 0.05) is 5.56 Å². The molecule has 0 aliphatic carbocycles. The number of ether oxygens (including phenoxy) is 2. The normalized spacial score (nSPS) is 15.9. The van der Waals surface area contributed by atoms with E-state index in [0.29, 0.717) is 30.1 Å². The largest absolute Gasteiger partial charge is 0.494 e. The summed E-state index contributed by atoms with van der Waals surface area (Å²) in [6.07, 6.45) is -4.61. The molecule has 2 aromatic carbocycles. The number of alkyl halides is 3. The number of hydrogen-bond acceptors (Lipinski definition) is 7. The predicted molar refractivity (Wildman–Crippen MR) is 109 cm³/mol. The van der Waals surface area contributed by atoms with Crippen LogP contribution >= 0.6 is 0 Å². The van der Waals surface area contributed by atoms with Gasteiger partial charge in [-0.15, -0.1) is 5.10 Å². The van der Waals surface area contributed by atoms with E-state index in [1.807, 2.05) is 31.2 Å². The van der Waals surface area contributed by atoms with Crippen LogP contribution in [0.4, 0.5) is 13.2 Å². The van der Waals surface area contributed by atoms with Crippen molar-refractivity contribution in [3.8, 4) is 28.7 Å². The lowest BCUT2D eigenvalue weighted by Gasteiger charge is -2.24. The molecule has 0 saturated carbocycles. The minimum Gasteiger partial charge on any atom is -0.494 e. The van der Waals surface area contributed by atoms with Gasteiger partial charge in [-0.3, -0.25) is 0 Å². The molecular formula is C22H18F3N5O3. The monoisotopic (exact) mass is 457 g/mol. The van der Waals surface area contributed by atoms with Crippen LogP contribution < -0.4 is 4.74 Å². The fraction of sp³-hybridized carbons (Fsp3) is 0.273. The van der Waals surface area contributed by atoms with Crippen molar-refractivity contribution in [2.75, 3.05) is 6.61 Å². The van der Waals surface area contributed by atoms with E-state index in [1.54, 1.807) is 4.68 Å². The lowest BCUT2D eigenvalue weighted by molar-refractivity contribution is -0.137. The van der Waals surface area contributed by atoms with Crippen molar-refractivity contribution in [2.45, 2.75) is 32.4 Å². The van der Waals surface area contributed by atoms with Gasteiger partial charge in [-0.2, -0.15) is 18.2 Å². The number of nitrogens with zero attached hydrogens (tertiary/aromatic N) is 5. The summed E-state index contributed by atoms with van der Waals surface area (Å²) >= 11 is 0. The van der Waals surface area contributed by atoms with Gasteiger partial charge in [0.2, 0.25) is 5.82 Å². The third kappa shape index (κ3) is 4.19. The first kappa shape index (κ1) is 21.1. The van der Waals surface area contributed by atoms with Crippen molar-refractivity contribution in [3.05, 3.63) is 65.4 Å². The molecule has 0 spiro atoms. The van der Waals surface area contributed by atoms with Crippen LogP contribution in [0.1, 0.15) is 29.8 Å². The Hall–Kier alpha value is -3.73. The van der Waals surface area contributed by atoms with Crippen LogP contribution in [0, 0.1) is 0 Å². The van der Waals surface area contributed by atoms with Gasteiger partial charge in [0.05, 0.1) is 31.0 Å². The minimum absolute atomic E-state index is 0.120. The van der Waals surface area contributed by atoms with Crippen LogP contribution in [0.3, 0.4) is 0 Å². The number of hydrogen-bond donors (Lipinski definition) is 0. The van der Waals surface area contributed by atoms with E-state index in [-0.39, 0.29) is 24.4 Å². The maximum absolute atomic E-state index is 12.8. The van der Waals surface area contributed by atoms with Gasteiger partial charge in [-0.25, -0.2) is 4.68 Å². The fourth-order valence-electron chi connectivity index (χ4n) is 3.57. The Bertz CT molecular complexity index is 1250. The molecule has 4 aromatic rings. The molecule has 0 radical (unpaired) electrons. The Kier molecular flexibility index (Phi) is 5.33. The van der Waals surface area contributed by atoms with Crippen molar-refractivity contribution in [1.82, 2.24) is 25.1 Å². The number of benzene rings is 2. The number of halogens is 3. The molecule has 1 aliphatic rings. The van der Waals surface area contributed by atoms with E-state index in [0.717, 1.165) is 23.4 Å². The summed E-state index contributed by atoms with van der Waals surface area (Å²) in [4.78, 5) is 4.28. The lowest BCUT2D eigenvalue weighted by atomic mass is 10.1. The van der Waals surface area contributed by atoms with Gasteiger partial charge in [0.25, 0.3) is 5.89 Å². The molecule has 0 amide bonds. The second-order valence-electron chi connectivity index (χ2n) is 7.37. The second-order valence-corrected chi connectivity index (χ2v) is 7.37. The third-order valence-electron chi connectivity index (χ3n) is 5.26. The smallest absolute Gasteiger partial charge is 0.416 e. The number of fused-ring (bicyclic) bond motifs is 1. The molecule has 2 aromatic heterocycles. The molecular weight excluding hydrogens is 439 g/mol. The van der Waals surface area contributed by atoms with Crippen LogP contribution in [0.5, 0.6) is 5.75 Å². The summed E-state index contributed by atoms with van der Waals surface area (Å²) in [5.74, 6) is 1.07. The second kappa shape index (κ2) is 8.32. The Morgan fingerprint density at radius 1 is 1.09 bits per heavy atom. The van der Waals surface area contributed by atoms with Crippen LogP contribution in [-0.2, 0) is 24.1 Å². The van der Waals surface area contributed by atoms with E-state index in [1.165, 1.54) is 12.1 Å². The van der Waals surface area contributed by atoms with Crippen LogP contribution in [0.25, 0.3) is 23.0 Å². The van der Waals surface area contributed by atoms with Crippen molar-refractivity contribution in [3.63, 3.8) is 0 Å². The maximum atomic E-state index is 12.8. The highest BCUT2D eigenvalue weighted by molar-refractivity contribution is 5.59. The summed E-state index contributed by atoms with van der Waals surface area (Å²) < 4.78 is 56.8. The summed E-state index contributed by atoms with van der Waals surface area (Å²) in [5.41, 5.74) is 1.70. The van der Waals surface area contributed by atoms with Crippen LogP contribution in [-0.4, -0.2) is 31.7 Å². The van der Waals surface area contributed by atoms with Crippen molar-refractivity contribution < 1.29 is 27.2 Å². The summed E-state index contributed by atoms with van der Waals surface area (Å²) in [5, 5.41) is 12.2. The molecule has 33 heavy (non-hydrogen) atoms. The molecule has 5 rings (SSSR count). The van der Waals surface area contributed by atoms with E-state index < -0.39 is 11.7 Å². The molecule has 1 atom stereocenters. The first-order valence-electron chi connectivity index (χ1n) is 10.2. The highest BCUT2D eigenvalue weighted by Crippen LogP contribution is 2.33. The molecule has 3 heterocycles. The Morgan fingerprint density at radius 2 is 1.85 bits per heavy atom. The standard InChI is InChI=1S/C22H18F3N5O3/c1-2-31-16-9-5-13(6-10-16)18-11-30-17(12-32-18)19(27-29-30)21-26-20(28-33-21)14-3-7-15(8-4-14)22(23,24)25/h3-10,18H,2,11-12H2,1H3/t18-/m1/s1.